The van der Waals surface area contributed by atoms with Gasteiger partial charge in [-0.2, -0.15) is 0 Å². The highest BCUT2D eigenvalue weighted by Crippen LogP contribution is 2.66. The second-order valence-electron chi connectivity index (χ2n) is 15.7. The van der Waals surface area contributed by atoms with Crippen LogP contribution in [0.25, 0.3) is 0 Å². The van der Waals surface area contributed by atoms with Gasteiger partial charge in [0, 0.05) is 17.8 Å². The molecule has 0 unspecified atom stereocenters. The summed E-state index contributed by atoms with van der Waals surface area (Å²) in [5.41, 5.74) is 5.62. The molecule has 5 rings (SSSR count). The van der Waals surface area contributed by atoms with Crippen molar-refractivity contribution < 1.29 is 29.4 Å². The van der Waals surface area contributed by atoms with Gasteiger partial charge in [-0.1, -0.05) is 67.9 Å². The molecule has 47 heavy (non-hydrogen) atoms. The molecule has 0 bridgehead atoms. The van der Waals surface area contributed by atoms with Crippen LogP contribution in [0.4, 0.5) is 0 Å². The molecule has 256 valence electrons. The maximum absolute atomic E-state index is 12.3. The third-order valence-corrected chi connectivity index (χ3v) is 12.4. The van der Waals surface area contributed by atoms with Crippen LogP contribution in [-0.4, -0.2) is 47.1 Å². The van der Waals surface area contributed by atoms with E-state index in [4.69, 9.17) is 0 Å². The molecule has 7 atom stereocenters. The van der Waals surface area contributed by atoms with Gasteiger partial charge < -0.3 is 15.0 Å². The zero-order valence-corrected chi connectivity index (χ0v) is 29.4. The van der Waals surface area contributed by atoms with Crippen LogP contribution in [0.2, 0.25) is 0 Å². The second kappa shape index (κ2) is 15.1. The first kappa shape index (κ1) is 36.9. The van der Waals surface area contributed by atoms with Crippen LogP contribution in [0.5, 0.6) is 0 Å². The van der Waals surface area contributed by atoms with E-state index in [0.717, 1.165) is 49.4 Å². The van der Waals surface area contributed by atoms with Crippen LogP contribution in [0, 0.1) is 39.9 Å². The van der Waals surface area contributed by atoms with Crippen molar-refractivity contribution in [1.29, 1.82) is 0 Å². The summed E-state index contributed by atoms with van der Waals surface area (Å²) in [6.45, 7) is 12.6. The van der Waals surface area contributed by atoms with E-state index >= 15 is 0 Å². The maximum Gasteiger partial charge on any atom is 0.162 e. The lowest BCUT2D eigenvalue weighted by Gasteiger charge is -2.59. The molecule has 6 heteroatoms. The van der Waals surface area contributed by atoms with E-state index in [2.05, 4.69) is 52.8 Å². The fourth-order valence-electron chi connectivity index (χ4n) is 9.97. The van der Waals surface area contributed by atoms with E-state index in [1.165, 1.54) is 36.0 Å². The number of aliphatic hydroxyl groups excluding tert-OH is 2. The molecule has 0 aromatic rings. The summed E-state index contributed by atoms with van der Waals surface area (Å²) in [5.74, 6) is -0.241. The smallest absolute Gasteiger partial charge is 0.162 e. The van der Waals surface area contributed by atoms with Crippen LogP contribution in [-0.2, 0) is 19.2 Å². The Labute approximate surface area is 281 Å². The predicted octanol–water partition coefficient (Wildman–Crippen LogP) is 7.56. The molecule has 0 amide bonds. The zero-order valence-electron chi connectivity index (χ0n) is 29.4. The van der Waals surface area contributed by atoms with Crippen molar-refractivity contribution in [3.05, 3.63) is 70.4 Å². The summed E-state index contributed by atoms with van der Waals surface area (Å²) in [4.78, 5) is 46.7. The monoisotopic (exact) mass is 644 g/mol. The number of Topliss-reactive ketones (excluding diaryl/α,β-unsaturated/α-hetero) is 1. The summed E-state index contributed by atoms with van der Waals surface area (Å²) < 4.78 is 0. The van der Waals surface area contributed by atoms with Crippen LogP contribution in [0.15, 0.2) is 70.4 Å². The van der Waals surface area contributed by atoms with E-state index < -0.39 is 24.0 Å². The Balaban J connectivity index is 0.000000219. The van der Waals surface area contributed by atoms with Crippen LogP contribution >= 0.6 is 0 Å². The average Bonchev–Trinajstić information content (AvgIpc) is 3.40. The number of aliphatic hydroxyl groups is 2. The Morgan fingerprint density at radius 3 is 2.36 bits per heavy atom. The van der Waals surface area contributed by atoms with E-state index in [1.54, 1.807) is 12.2 Å². The topological polar surface area (TPSA) is 109 Å². The maximum atomic E-state index is 12.3. The summed E-state index contributed by atoms with van der Waals surface area (Å²) >= 11 is 0. The van der Waals surface area contributed by atoms with E-state index in [-0.39, 0.29) is 40.2 Å². The van der Waals surface area contributed by atoms with Crippen molar-refractivity contribution in [2.75, 3.05) is 6.61 Å². The molecule has 0 aromatic heterocycles. The van der Waals surface area contributed by atoms with Gasteiger partial charge in [0.05, 0.1) is 6.10 Å². The first-order valence-corrected chi connectivity index (χ1v) is 17.6. The lowest BCUT2D eigenvalue weighted by atomic mass is 9.45. The average molecular weight is 645 g/mol. The van der Waals surface area contributed by atoms with Gasteiger partial charge in [-0.25, -0.2) is 0 Å². The Morgan fingerprint density at radius 1 is 0.979 bits per heavy atom. The third kappa shape index (κ3) is 7.54. The van der Waals surface area contributed by atoms with Crippen molar-refractivity contribution in [2.24, 2.45) is 39.9 Å². The fourth-order valence-corrected chi connectivity index (χ4v) is 9.97. The molecule has 0 aliphatic heterocycles. The quantitative estimate of drug-likeness (QED) is 0.160. The molecule has 0 aromatic carbocycles. The van der Waals surface area contributed by atoms with Gasteiger partial charge >= 0.3 is 0 Å². The van der Waals surface area contributed by atoms with Crippen molar-refractivity contribution in [2.45, 2.75) is 112 Å². The van der Waals surface area contributed by atoms with Crippen molar-refractivity contribution in [3.63, 3.8) is 0 Å². The molecule has 5 aliphatic carbocycles. The number of hydrogen-bond acceptors (Lipinski definition) is 6. The molecule has 0 saturated heterocycles. The molecule has 0 radical (unpaired) electrons. The van der Waals surface area contributed by atoms with E-state index in [9.17, 15) is 29.4 Å². The van der Waals surface area contributed by atoms with Gasteiger partial charge in [-0.15, -0.1) is 0 Å². The Morgan fingerprint density at radius 2 is 1.70 bits per heavy atom. The Bertz CT molecular complexity index is 1420. The first-order valence-electron chi connectivity index (χ1n) is 17.6. The number of rotatable bonds is 8. The minimum atomic E-state index is -0.831. The van der Waals surface area contributed by atoms with Crippen LogP contribution < -0.4 is 0 Å². The minimum Gasteiger partial charge on any atom is -0.393 e. The number of allylic oxidation sites excluding steroid dienone is 11. The highest BCUT2D eigenvalue weighted by atomic mass is 16.3. The Kier molecular flexibility index (Phi) is 11.8. The van der Waals surface area contributed by atoms with Gasteiger partial charge in [-0.3, -0.25) is 14.4 Å². The zero-order chi connectivity index (χ0) is 34.6. The SMILES string of the molecule is CC1=C(/C=C/C(C)=C/C=C/C(C)=C/C=O)C(C)(C)CCC1.C[C@]12CCC(=O)C=C1CC[C@@H]1[C@@H]2[C@@H](O)C[C@]2(C=O)[C@@H](C(=O)CO)CC[C@@H]12. The van der Waals surface area contributed by atoms with Crippen molar-refractivity contribution in [1.82, 2.24) is 0 Å². The number of aldehydes is 2. The molecular weight excluding hydrogens is 588 g/mol. The van der Waals surface area contributed by atoms with Gasteiger partial charge in [-0.05, 0) is 130 Å². The van der Waals surface area contributed by atoms with Crippen molar-refractivity contribution in [3.8, 4) is 0 Å². The largest absolute Gasteiger partial charge is 0.393 e. The van der Waals surface area contributed by atoms with Crippen molar-refractivity contribution >= 4 is 24.1 Å². The van der Waals surface area contributed by atoms with Gasteiger partial charge in [0.1, 0.15) is 19.2 Å². The molecule has 0 heterocycles. The van der Waals surface area contributed by atoms with E-state index in [0.29, 0.717) is 19.3 Å². The standard InChI is InChI=1S/C21H28O5.C20H28O/c1-20-7-6-13(24)8-12(20)2-3-14-15-4-5-16(18(26)10-22)21(15,11-23)9-17(25)19(14)20;1-16(8-6-9-17(2)13-15-21)11-12-19-18(3)10-7-14-20(19,4)5/h8,11,14-17,19,22,25H,2-7,9-10H2,1H3;6,8-9,11-13,15H,7,10,14H2,1-5H3/b;9-6+,12-11+,16-8+,17-13+/t14-,15-,16+,17-,19+,20-,21+;/m0./s1. The molecular formula is C41H56O6. The normalized spacial score (nSPS) is 35.4. The summed E-state index contributed by atoms with van der Waals surface area (Å²) in [6.07, 6.45) is 23.4. The lowest BCUT2D eigenvalue weighted by Crippen LogP contribution is -2.58. The summed E-state index contributed by atoms with van der Waals surface area (Å²) in [7, 11) is 0. The number of ketones is 2. The van der Waals surface area contributed by atoms with Gasteiger partial charge in [0.25, 0.3) is 0 Å². The molecule has 5 aliphatic rings. The number of carbonyl (C=O) groups is 4. The number of hydrogen-bond donors (Lipinski definition) is 2. The highest BCUT2D eigenvalue weighted by molar-refractivity contribution is 5.91. The summed E-state index contributed by atoms with van der Waals surface area (Å²) in [6, 6.07) is 0. The van der Waals surface area contributed by atoms with Gasteiger partial charge in [0.15, 0.2) is 11.6 Å². The Hall–Kier alpha value is -2.96. The fraction of sp³-hybridized carbons (Fsp3) is 0.610. The minimum absolute atomic E-state index is 0.0386. The number of fused-ring (bicyclic) bond motifs is 5. The van der Waals surface area contributed by atoms with Gasteiger partial charge in [0.2, 0.25) is 0 Å². The highest BCUT2D eigenvalue weighted by Gasteiger charge is 2.64. The van der Waals surface area contributed by atoms with Crippen LogP contribution in [0.1, 0.15) is 106 Å². The molecule has 3 saturated carbocycles. The first-order chi connectivity index (χ1) is 22.2. The molecule has 3 fully saturated rings. The molecule has 2 N–H and O–H groups in total. The molecule has 0 spiro atoms. The van der Waals surface area contributed by atoms with Crippen LogP contribution in [0.3, 0.4) is 0 Å². The third-order valence-electron chi connectivity index (χ3n) is 12.4. The summed E-state index contributed by atoms with van der Waals surface area (Å²) in [5, 5.41) is 20.5. The number of carbonyl (C=O) groups excluding carboxylic acids is 4. The molecule has 6 nitrogen and oxygen atoms in total. The van der Waals surface area contributed by atoms with E-state index in [1.807, 2.05) is 19.1 Å². The second-order valence-corrected chi connectivity index (χ2v) is 15.7. The predicted molar refractivity (Wildman–Crippen MR) is 186 cm³/mol. The lowest BCUT2D eigenvalue weighted by molar-refractivity contribution is -0.157.